The highest BCUT2D eigenvalue weighted by atomic mass is 16.6. The normalized spacial score (nSPS) is 31.3. The number of hydrogen-bond acceptors (Lipinski definition) is 4. The number of ether oxygens (including phenoxy) is 2. The van der Waals surface area contributed by atoms with Crippen molar-refractivity contribution >= 4 is 5.91 Å². The molecule has 2 aliphatic rings. The van der Waals surface area contributed by atoms with E-state index < -0.39 is 0 Å². The molecule has 2 aliphatic heterocycles. The maximum atomic E-state index is 12.5. The van der Waals surface area contributed by atoms with Crippen molar-refractivity contribution in [3.8, 4) is 0 Å². The minimum absolute atomic E-state index is 0.0181. The summed E-state index contributed by atoms with van der Waals surface area (Å²) >= 11 is 0. The van der Waals surface area contributed by atoms with Crippen LogP contribution in [0.2, 0.25) is 0 Å². The Labute approximate surface area is 122 Å². The van der Waals surface area contributed by atoms with E-state index in [2.05, 4.69) is 26.1 Å². The van der Waals surface area contributed by atoms with E-state index in [9.17, 15) is 4.79 Å². The molecule has 0 spiro atoms. The summed E-state index contributed by atoms with van der Waals surface area (Å²) in [6.45, 7) is 9.03. The fourth-order valence-corrected chi connectivity index (χ4v) is 2.96. The molecule has 5 nitrogen and oxygen atoms in total. The van der Waals surface area contributed by atoms with Crippen LogP contribution < -0.4 is 5.32 Å². The molecule has 0 aromatic carbocycles. The average molecular weight is 284 g/mol. The van der Waals surface area contributed by atoms with Crippen LogP contribution in [0.25, 0.3) is 0 Å². The van der Waals surface area contributed by atoms with Crippen LogP contribution >= 0.6 is 0 Å². The molecule has 20 heavy (non-hydrogen) atoms. The number of nitrogens with one attached hydrogen (secondary N) is 1. The molecule has 0 aliphatic carbocycles. The van der Waals surface area contributed by atoms with Gasteiger partial charge in [-0.05, 0) is 18.8 Å². The van der Waals surface area contributed by atoms with Crippen molar-refractivity contribution in [2.75, 3.05) is 26.4 Å². The van der Waals surface area contributed by atoms with Crippen LogP contribution in [0.5, 0.6) is 0 Å². The predicted molar refractivity (Wildman–Crippen MR) is 77.3 cm³/mol. The maximum absolute atomic E-state index is 12.5. The van der Waals surface area contributed by atoms with Crippen LogP contribution in [0.1, 0.15) is 40.0 Å². The molecule has 0 aromatic heterocycles. The number of hydrogen-bond donors (Lipinski definition) is 1. The first-order valence-corrected chi connectivity index (χ1v) is 7.87. The minimum Gasteiger partial charge on any atom is -0.376 e. The van der Waals surface area contributed by atoms with Crippen LogP contribution in [-0.2, 0) is 14.3 Å². The zero-order chi connectivity index (χ0) is 14.5. The van der Waals surface area contributed by atoms with Gasteiger partial charge in [-0.1, -0.05) is 27.2 Å². The van der Waals surface area contributed by atoms with Crippen molar-refractivity contribution in [1.29, 1.82) is 0 Å². The highest BCUT2D eigenvalue weighted by molar-refractivity contribution is 5.84. The van der Waals surface area contributed by atoms with Gasteiger partial charge in [0.25, 0.3) is 0 Å². The van der Waals surface area contributed by atoms with E-state index in [-0.39, 0.29) is 24.2 Å². The SMILES string of the molecule is CCCC1NC(CC(C)C)N(CC2COCCO2)C1=O. The zero-order valence-corrected chi connectivity index (χ0v) is 12.9. The van der Waals surface area contributed by atoms with E-state index in [0.29, 0.717) is 32.3 Å². The first-order valence-electron chi connectivity index (χ1n) is 7.87. The molecule has 3 unspecified atom stereocenters. The van der Waals surface area contributed by atoms with E-state index in [1.807, 2.05) is 4.90 Å². The van der Waals surface area contributed by atoms with Gasteiger partial charge < -0.3 is 14.4 Å². The molecule has 1 N–H and O–H groups in total. The van der Waals surface area contributed by atoms with Gasteiger partial charge in [-0.25, -0.2) is 0 Å². The van der Waals surface area contributed by atoms with Gasteiger partial charge in [-0.2, -0.15) is 0 Å². The van der Waals surface area contributed by atoms with Crippen molar-refractivity contribution in [3.63, 3.8) is 0 Å². The maximum Gasteiger partial charge on any atom is 0.241 e. The third-order valence-corrected chi connectivity index (χ3v) is 3.91. The molecule has 2 fully saturated rings. The summed E-state index contributed by atoms with van der Waals surface area (Å²) in [6.07, 6.45) is 3.08. The third-order valence-electron chi connectivity index (χ3n) is 3.91. The summed E-state index contributed by atoms with van der Waals surface area (Å²) in [5.41, 5.74) is 0. The summed E-state index contributed by atoms with van der Waals surface area (Å²) in [6, 6.07) is -0.0201. The monoisotopic (exact) mass is 284 g/mol. The Hall–Kier alpha value is -0.650. The number of amides is 1. The van der Waals surface area contributed by atoms with Crippen LogP contribution in [0.3, 0.4) is 0 Å². The smallest absolute Gasteiger partial charge is 0.241 e. The predicted octanol–water partition coefficient (Wildman–Crippen LogP) is 1.37. The van der Waals surface area contributed by atoms with E-state index in [4.69, 9.17) is 9.47 Å². The van der Waals surface area contributed by atoms with Crippen molar-refractivity contribution in [1.82, 2.24) is 10.2 Å². The second-order valence-electron chi connectivity index (χ2n) is 6.21. The number of nitrogens with zero attached hydrogens (tertiary/aromatic N) is 1. The van der Waals surface area contributed by atoms with Gasteiger partial charge in [-0.15, -0.1) is 0 Å². The van der Waals surface area contributed by atoms with Crippen LogP contribution in [-0.4, -0.2) is 55.5 Å². The Morgan fingerprint density at radius 2 is 2.20 bits per heavy atom. The number of carbonyl (C=O) groups excluding carboxylic acids is 1. The van der Waals surface area contributed by atoms with E-state index >= 15 is 0 Å². The molecule has 1 amide bonds. The Balaban J connectivity index is 1.98. The fourth-order valence-electron chi connectivity index (χ4n) is 2.96. The second kappa shape index (κ2) is 7.38. The molecule has 2 heterocycles. The van der Waals surface area contributed by atoms with Gasteiger partial charge in [-0.3, -0.25) is 10.1 Å². The zero-order valence-electron chi connectivity index (χ0n) is 12.9. The molecular formula is C15H28N2O3. The highest BCUT2D eigenvalue weighted by Gasteiger charge is 2.39. The molecule has 3 atom stereocenters. The molecular weight excluding hydrogens is 256 g/mol. The first kappa shape index (κ1) is 15.7. The lowest BCUT2D eigenvalue weighted by Gasteiger charge is -2.31. The third kappa shape index (κ3) is 3.93. The summed E-state index contributed by atoms with van der Waals surface area (Å²) < 4.78 is 11.1. The van der Waals surface area contributed by atoms with Crippen molar-refractivity contribution < 1.29 is 14.3 Å². The van der Waals surface area contributed by atoms with Gasteiger partial charge in [0, 0.05) is 0 Å². The second-order valence-corrected chi connectivity index (χ2v) is 6.21. The summed E-state index contributed by atoms with van der Waals surface area (Å²) in [5, 5.41) is 3.49. The van der Waals surface area contributed by atoms with Gasteiger partial charge in [0.2, 0.25) is 5.91 Å². The van der Waals surface area contributed by atoms with Crippen LogP contribution in [0.15, 0.2) is 0 Å². The minimum atomic E-state index is -0.0201. The standard InChI is InChI=1S/C15H28N2O3/c1-4-5-13-15(18)17(14(16-13)8-11(2)3)9-12-10-19-6-7-20-12/h11-14,16H,4-10H2,1-3H3. The lowest BCUT2D eigenvalue weighted by atomic mass is 10.1. The van der Waals surface area contributed by atoms with Gasteiger partial charge in [0.1, 0.15) is 0 Å². The van der Waals surface area contributed by atoms with Crippen molar-refractivity contribution in [3.05, 3.63) is 0 Å². The molecule has 116 valence electrons. The quantitative estimate of drug-likeness (QED) is 0.800. The lowest BCUT2D eigenvalue weighted by molar-refractivity contribution is -0.137. The molecule has 5 heteroatoms. The lowest BCUT2D eigenvalue weighted by Crippen LogP contribution is -2.46. The van der Waals surface area contributed by atoms with Crippen molar-refractivity contribution in [2.45, 2.75) is 58.3 Å². The van der Waals surface area contributed by atoms with Gasteiger partial charge >= 0.3 is 0 Å². The fraction of sp³-hybridized carbons (Fsp3) is 0.933. The van der Waals surface area contributed by atoms with E-state index in [1.54, 1.807) is 0 Å². The van der Waals surface area contributed by atoms with Crippen molar-refractivity contribution in [2.24, 2.45) is 5.92 Å². The molecule has 2 rings (SSSR count). The number of rotatable bonds is 6. The summed E-state index contributed by atoms with van der Waals surface area (Å²) in [5.74, 6) is 0.790. The Kier molecular flexibility index (Phi) is 5.81. The summed E-state index contributed by atoms with van der Waals surface area (Å²) in [7, 11) is 0. The molecule has 2 saturated heterocycles. The highest BCUT2D eigenvalue weighted by Crippen LogP contribution is 2.21. The van der Waals surface area contributed by atoms with Gasteiger partial charge in [0.05, 0.1) is 44.7 Å². The average Bonchev–Trinajstić information content (AvgIpc) is 2.69. The summed E-state index contributed by atoms with van der Waals surface area (Å²) in [4.78, 5) is 14.5. The largest absolute Gasteiger partial charge is 0.376 e. The molecule has 0 saturated carbocycles. The van der Waals surface area contributed by atoms with Crippen LogP contribution in [0.4, 0.5) is 0 Å². The van der Waals surface area contributed by atoms with E-state index in [1.165, 1.54) is 0 Å². The van der Waals surface area contributed by atoms with Gasteiger partial charge in [0.15, 0.2) is 0 Å². The molecule has 0 radical (unpaired) electrons. The topological polar surface area (TPSA) is 50.8 Å². The van der Waals surface area contributed by atoms with Crippen LogP contribution in [0, 0.1) is 5.92 Å². The van der Waals surface area contributed by atoms with E-state index in [0.717, 1.165) is 19.3 Å². The Bertz CT molecular complexity index is 316. The molecule has 0 bridgehead atoms. The first-order chi connectivity index (χ1) is 9.61. The number of carbonyl (C=O) groups is 1. The Morgan fingerprint density at radius 1 is 1.40 bits per heavy atom. The Morgan fingerprint density at radius 3 is 2.80 bits per heavy atom. The molecule has 0 aromatic rings.